The van der Waals surface area contributed by atoms with Crippen LogP contribution in [0.3, 0.4) is 0 Å². The number of ether oxygens (including phenoxy) is 1. The summed E-state index contributed by atoms with van der Waals surface area (Å²) in [6.07, 6.45) is 3.49. The Morgan fingerprint density at radius 2 is 1.78 bits per heavy atom. The van der Waals surface area contributed by atoms with Crippen LogP contribution in [0, 0.1) is 0 Å². The lowest BCUT2D eigenvalue weighted by Crippen LogP contribution is -2.27. The van der Waals surface area contributed by atoms with Gasteiger partial charge in [0.1, 0.15) is 11.4 Å². The first kappa shape index (κ1) is 21.6. The maximum atomic E-state index is 12.7. The molecule has 7 nitrogen and oxygen atoms in total. The lowest BCUT2D eigenvalue weighted by Gasteiger charge is -2.13. The average molecular weight is 452 g/mol. The molecule has 0 bridgehead atoms. The van der Waals surface area contributed by atoms with Crippen LogP contribution in [0.2, 0.25) is 5.02 Å². The number of H-pyrrole nitrogens is 1. The summed E-state index contributed by atoms with van der Waals surface area (Å²) in [5, 5.41) is 3.15. The van der Waals surface area contributed by atoms with Crippen molar-refractivity contribution in [3.8, 4) is 5.75 Å². The molecule has 0 aliphatic carbocycles. The van der Waals surface area contributed by atoms with Crippen molar-refractivity contribution in [1.82, 2.24) is 9.88 Å². The Bertz CT molecular complexity index is 1140. The number of anilines is 1. The molecule has 1 aliphatic rings. The zero-order chi connectivity index (χ0) is 22.5. The lowest BCUT2D eigenvalue weighted by molar-refractivity contribution is 0.0787. The number of rotatable bonds is 7. The van der Waals surface area contributed by atoms with Gasteiger partial charge >= 0.3 is 0 Å². The molecule has 2 aromatic carbocycles. The van der Waals surface area contributed by atoms with Gasteiger partial charge in [0, 0.05) is 35.6 Å². The Kier molecular flexibility index (Phi) is 6.56. The van der Waals surface area contributed by atoms with E-state index in [1.54, 1.807) is 29.2 Å². The number of hydrogen-bond acceptors (Lipinski definition) is 4. The third-order valence-electron chi connectivity index (χ3n) is 5.21. The summed E-state index contributed by atoms with van der Waals surface area (Å²) in [4.78, 5) is 42.4. The quantitative estimate of drug-likeness (QED) is 0.520. The largest absolute Gasteiger partial charge is 0.485 e. The van der Waals surface area contributed by atoms with Crippen molar-refractivity contribution in [2.24, 2.45) is 0 Å². The van der Waals surface area contributed by atoms with Gasteiger partial charge in [-0.25, -0.2) is 0 Å². The van der Waals surface area contributed by atoms with Crippen LogP contribution in [0.5, 0.6) is 5.75 Å². The molecule has 1 fully saturated rings. The highest BCUT2D eigenvalue weighted by atomic mass is 35.5. The minimum atomic E-state index is -0.402. The van der Waals surface area contributed by atoms with Crippen molar-refractivity contribution < 1.29 is 19.1 Å². The van der Waals surface area contributed by atoms with Gasteiger partial charge < -0.3 is 19.9 Å². The molecule has 4 rings (SSSR count). The van der Waals surface area contributed by atoms with Crippen molar-refractivity contribution in [3.63, 3.8) is 0 Å². The van der Waals surface area contributed by atoms with Gasteiger partial charge in [-0.2, -0.15) is 0 Å². The second-order valence-corrected chi connectivity index (χ2v) is 7.91. The summed E-state index contributed by atoms with van der Waals surface area (Å²) < 4.78 is 5.66. The molecular weight excluding hydrogens is 430 g/mol. The van der Waals surface area contributed by atoms with Crippen LogP contribution >= 0.6 is 11.6 Å². The third-order valence-corrected chi connectivity index (χ3v) is 5.44. The highest BCUT2D eigenvalue weighted by Gasteiger charge is 2.22. The monoisotopic (exact) mass is 451 g/mol. The number of hydrogen-bond donors (Lipinski definition) is 2. The van der Waals surface area contributed by atoms with Crippen LogP contribution in [0.4, 0.5) is 5.69 Å². The molecule has 0 saturated carbocycles. The molecule has 8 heteroatoms. The molecule has 2 heterocycles. The van der Waals surface area contributed by atoms with Crippen LogP contribution < -0.4 is 10.1 Å². The smallest absolute Gasteiger partial charge is 0.270 e. The summed E-state index contributed by atoms with van der Waals surface area (Å²) in [7, 11) is 0. The zero-order valence-corrected chi connectivity index (χ0v) is 18.0. The Morgan fingerprint density at radius 3 is 2.53 bits per heavy atom. The summed E-state index contributed by atoms with van der Waals surface area (Å²) in [6.45, 7) is 1.17. The molecule has 2 N–H and O–H groups in total. The number of carbonyl (C=O) groups is 3. The van der Waals surface area contributed by atoms with E-state index in [0.29, 0.717) is 22.0 Å². The molecule has 1 aromatic heterocycles. The van der Waals surface area contributed by atoms with Crippen molar-refractivity contribution in [3.05, 3.63) is 82.6 Å². The summed E-state index contributed by atoms with van der Waals surface area (Å²) in [5.41, 5.74) is 1.57. The molecule has 32 heavy (non-hydrogen) atoms. The molecule has 3 aromatic rings. The van der Waals surface area contributed by atoms with E-state index in [1.165, 1.54) is 18.3 Å². The van der Waals surface area contributed by atoms with E-state index >= 15 is 0 Å². The molecule has 0 spiro atoms. The van der Waals surface area contributed by atoms with Gasteiger partial charge in [0.2, 0.25) is 5.78 Å². The molecule has 0 radical (unpaired) electrons. The Balaban J connectivity index is 1.43. The second-order valence-electron chi connectivity index (χ2n) is 7.47. The number of nitrogens with one attached hydrogen (secondary N) is 2. The van der Waals surface area contributed by atoms with Crippen LogP contribution in [-0.4, -0.2) is 47.2 Å². The molecule has 1 aliphatic heterocycles. The van der Waals surface area contributed by atoms with Crippen molar-refractivity contribution in [2.45, 2.75) is 12.8 Å². The highest BCUT2D eigenvalue weighted by molar-refractivity contribution is 6.31. The second kappa shape index (κ2) is 9.70. The Labute approximate surface area is 190 Å². The van der Waals surface area contributed by atoms with Gasteiger partial charge in [-0.3, -0.25) is 14.4 Å². The predicted molar refractivity (Wildman–Crippen MR) is 122 cm³/mol. The van der Waals surface area contributed by atoms with Gasteiger partial charge in [0.15, 0.2) is 6.61 Å². The van der Waals surface area contributed by atoms with Crippen LogP contribution in [0.25, 0.3) is 0 Å². The van der Waals surface area contributed by atoms with Crippen molar-refractivity contribution >= 4 is 34.9 Å². The van der Waals surface area contributed by atoms with Crippen LogP contribution in [0.1, 0.15) is 44.0 Å². The predicted octanol–water partition coefficient (Wildman–Crippen LogP) is 4.42. The normalized spacial score (nSPS) is 13.1. The molecular formula is C24H22ClN3O4. The summed E-state index contributed by atoms with van der Waals surface area (Å²) in [6, 6.07) is 15.2. The van der Waals surface area contributed by atoms with E-state index in [0.717, 1.165) is 25.9 Å². The van der Waals surface area contributed by atoms with Crippen molar-refractivity contribution in [1.29, 1.82) is 0 Å². The Hall–Kier alpha value is -3.58. The number of carbonyl (C=O) groups excluding carboxylic acids is 3. The average Bonchev–Trinajstić information content (AvgIpc) is 3.51. The van der Waals surface area contributed by atoms with E-state index < -0.39 is 5.91 Å². The van der Waals surface area contributed by atoms with E-state index in [1.807, 2.05) is 18.2 Å². The number of para-hydroxylation sites is 1. The van der Waals surface area contributed by atoms with E-state index in [-0.39, 0.29) is 29.6 Å². The first-order valence-corrected chi connectivity index (χ1v) is 10.7. The number of amides is 2. The number of Topliss-reactive ketones (excluding diaryl/α,β-unsaturated/α-hetero) is 1. The standard InChI is InChI=1S/C24H22ClN3O4/c25-17-8-9-22(19(13-17)23(30)27-18-6-2-1-3-7-18)32-15-21(29)16-12-20(26-14-16)24(31)28-10-4-5-11-28/h1-3,6-9,12-14,26H,4-5,10-11,15H2,(H,27,30). The van der Waals surface area contributed by atoms with Gasteiger partial charge in [0.05, 0.1) is 5.56 Å². The minimum absolute atomic E-state index is 0.111. The molecule has 164 valence electrons. The maximum absolute atomic E-state index is 12.7. The summed E-state index contributed by atoms with van der Waals surface area (Å²) >= 11 is 6.07. The topological polar surface area (TPSA) is 91.5 Å². The highest BCUT2D eigenvalue weighted by Crippen LogP contribution is 2.24. The fourth-order valence-electron chi connectivity index (χ4n) is 3.52. The van der Waals surface area contributed by atoms with Crippen LogP contribution in [0.15, 0.2) is 60.8 Å². The molecule has 1 saturated heterocycles. The van der Waals surface area contributed by atoms with E-state index in [9.17, 15) is 14.4 Å². The summed E-state index contributed by atoms with van der Waals surface area (Å²) in [5.74, 6) is -0.590. The number of aromatic nitrogens is 1. The number of ketones is 1. The zero-order valence-electron chi connectivity index (χ0n) is 17.3. The van der Waals surface area contributed by atoms with E-state index in [4.69, 9.17) is 16.3 Å². The molecule has 0 atom stereocenters. The van der Waals surface area contributed by atoms with Crippen molar-refractivity contribution in [2.75, 3.05) is 25.0 Å². The number of likely N-dealkylation sites (tertiary alicyclic amines) is 1. The maximum Gasteiger partial charge on any atom is 0.270 e. The number of aromatic amines is 1. The van der Waals surface area contributed by atoms with Gasteiger partial charge in [-0.1, -0.05) is 29.8 Å². The molecule has 0 unspecified atom stereocenters. The van der Waals surface area contributed by atoms with Gasteiger partial charge in [-0.05, 0) is 49.2 Å². The first-order valence-electron chi connectivity index (χ1n) is 10.3. The van der Waals surface area contributed by atoms with Gasteiger partial charge in [0.25, 0.3) is 11.8 Å². The Morgan fingerprint density at radius 1 is 1.03 bits per heavy atom. The first-order chi connectivity index (χ1) is 15.5. The minimum Gasteiger partial charge on any atom is -0.485 e. The molecule has 2 amide bonds. The number of halogens is 1. The lowest BCUT2D eigenvalue weighted by atomic mass is 10.1. The number of benzene rings is 2. The fraction of sp³-hybridized carbons (Fsp3) is 0.208. The van der Waals surface area contributed by atoms with Gasteiger partial charge in [-0.15, -0.1) is 0 Å². The van der Waals surface area contributed by atoms with E-state index in [2.05, 4.69) is 10.3 Å². The number of nitrogens with zero attached hydrogens (tertiary/aromatic N) is 1. The SMILES string of the molecule is O=C(COc1ccc(Cl)cc1C(=O)Nc1ccccc1)c1c[nH]c(C(=O)N2CCCC2)c1. The van der Waals surface area contributed by atoms with Crippen LogP contribution in [-0.2, 0) is 0 Å². The third kappa shape index (κ3) is 5.00. The fourth-order valence-corrected chi connectivity index (χ4v) is 3.69.